The van der Waals surface area contributed by atoms with E-state index in [1.165, 1.54) is 6.92 Å². The maximum Gasteiger partial charge on any atom is 0.241 e. The van der Waals surface area contributed by atoms with E-state index in [1.807, 2.05) is 13.0 Å². The smallest absolute Gasteiger partial charge is 0.241 e. The molecule has 2 aromatic carbocycles. The van der Waals surface area contributed by atoms with Gasteiger partial charge >= 0.3 is 0 Å². The van der Waals surface area contributed by atoms with Gasteiger partial charge in [0, 0.05) is 16.6 Å². The summed E-state index contributed by atoms with van der Waals surface area (Å²) in [6.07, 6.45) is 0. The fraction of sp³-hybridized carbons (Fsp3) is 0.235. The number of carbonyl (C=O) groups excluding carboxylic acids is 1. The second-order valence-corrected chi connectivity index (χ2v) is 8.03. The number of ketones is 1. The van der Waals surface area contributed by atoms with Crippen molar-refractivity contribution in [3.63, 3.8) is 0 Å². The van der Waals surface area contributed by atoms with Gasteiger partial charge in [-0.1, -0.05) is 46.3 Å². The molecule has 2 aromatic rings. The van der Waals surface area contributed by atoms with Crippen molar-refractivity contribution in [3.05, 3.63) is 63.1 Å². The molecule has 23 heavy (non-hydrogen) atoms. The van der Waals surface area contributed by atoms with Crippen LogP contribution < -0.4 is 4.72 Å². The molecule has 1 N–H and O–H groups in total. The Balaban J connectivity index is 2.19. The van der Waals surface area contributed by atoms with Crippen LogP contribution >= 0.6 is 15.9 Å². The lowest BCUT2D eigenvalue weighted by Gasteiger charge is -2.11. The lowest BCUT2D eigenvalue weighted by Crippen LogP contribution is -2.24. The minimum atomic E-state index is -3.60. The second-order valence-electron chi connectivity index (χ2n) is 5.44. The van der Waals surface area contributed by atoms with Crippen LogP contribution in [0.1, 0.15) is 34.0 Å². The summed E-state index contributed by atoms with van der Waals surface area (Å²) in [6, 6.07) is 10.3. The van der Waals surface area contributed by atoms with E-state index in [0.717, 1.165) is 15.6 Å². The van der Waals surface area contributed by atoms with Crippen molar-refractivity contribution in [3.8, 4) is 0 Å². The molecule has 0 heterocycles. The maximum absolute atomic E-state index is 12.5. The molecule has 4 nitrogen and oxygen atoms in total. The number of nitrogens with one attached hydrogen (secondary N) is 1. The molecule has 0 saturated carbocycles. The molecule has 0 bridgehead atoms. The van der Waals surface area contributed by atoms with Crippen LogP contribution in [-0.4, -0.2) is 14.2 Å². The Morgan fingerprint density at radius 1 is 1.09 bits per heavy atom. The van der Waals surface area contributed by atoms with E-state index in [2.05, 4.69) is 20.7 Å². The first-order valence-corrected chi connectivity index (χ1v) is 9.34. The van der Waals surface area contributed by atoms with Gasteiger partial charge in [-0.15, -0.1) is 0 Å². The van der Waals surface area contributed by atoms with Gasteiger partial charge in [0.1, 0.15) is 0 Å². The summed E-state index contributed by atoms with van der Waals surface area (Å²) in [7, 11) is -3.60. The predicted molar refractivity (Wildman–Crippen MR) is 94.1 cm³/mol. The second kappa shape index (κ2) is 6.95. The average molecular weight is 396 g/mol. The molecule has 2 rings (SSSR count). The molecule has 0 spiro atoms. The van der Waals surface area contributed by atoms with E-state index >= 15 is 0 Å². The topological polar surface area (TPSA) is 63.2 Å². The Morgan fingerprint density at radius 2 is 1.70 bits per heavy atom. The molecule has 0 radical (unpaired) electrons. The summed E-state index contributed by atoms with van der Waals surface area (Å²) < 4.78 is 28.3. The van der Waals surface area contributed by atoms with Crippen LogP contribution in [0.5, 0.6) is 0 Å². The molecule has 0 saturated heterocycles. The summed E-state index contributed by atoms with van der Waals surface area (Å²) in [4.78, 5) is 11.5. The largest absolute Gasteiger partial charge is 0.295 e. The van der Waals surface area contributed by atoms with Gasteiger partial charge in [-0.2, -0.15) is 0 Å². The molecular formula is C17H18BrNO3S. The Bertz CT molecular complexity index is 843. The third-order valence-electron chi connectivity index (χ3n) is 3.57. The third kappa shape index (κ3) is 4.28. The number of carbonyl (C=O) groups is 1. The number of Topliss-reactive ketones (excluding diaryl/α,β-unsaturated/α-hetero) is 1. The van der Waals surface area contributed by atoms with E-state index < -0.39 is 10.0 Å². The van der Waals surface area contributed by atoms with Gasteiger partial charge in [0.2, 0.25) is 10.0 Å². The van der Waals surface area contributed by atoms with Gasteiger partial charge in [0.25, 0.3) is 0 Å². The van der Waals surface area contributed by atoms with Crippen LogP contribution in [0.25, 0.3) is 0 Å². The van der Waals surface area contributed by atoms with Crippen molar-refractivity contribution in [2.75, 3.05) is 0 Å². The zero-order chi connectivity index (χ0) is 17.2. The molecular weight excluding hydrogens is 378 g/mol. The van der Waals surface area contributed by atoms with Crippen molar-refractivity contribution < 1.29 is 13.2 Å². The first-order chi connectivity index (χ1) is 10.7. The van der Waals surface area contributed by atoms with E-state index in [4.69, 9.17) is 0 Å². The van der Waals surface area contributed by atoms with Crippen molar-refractivity contribution in [2.24, 2.45) is 0 Å². The molecule has 0 fully saturated rings. The third-order valence-corrected chi connectivity index (χ3v) is 5.97. The normalized spacial score (nSPS) is 11.5. The monoisotopic (exact) mass is 395 g/mol. The van der Waals surface area contributed by atoms with Crippen LogP contribution in [0.4, 0.5) is 0 Å². The molecule has 0 unspecified atom stereocenters. The summed E-state index contributed by atoms with van der Waals surface area (Å²) >= 11 is 3.37. The molecule has 0 amide bonds. The van der Waals surface area contributed by atoms with E-state index in [-0.39, 0.29) is 17.2 Å². The molecule has 0 atom stereocenters. The maximum atomic E-state index is 12.5. The number of aryl methyl sites for hydroxylation is 2. The molecule has 6 heteroatoms. The molecule has 0 aromatic heterocycles. The lowest BCUT2D eigenvalue weighted by atomic mass is 10.1. The highest BCUT2D eigenvalue weighted by Gasteiger charge is 2.18. The number of sulfonamides is 1. The van der Waals surface area contributed by atoms with E-state index in [0.29, 0.717) is 11.1 Å². The lowest BCUT2D eigenvalue weighted by molar-refractivity contribution is 0.101. The summed E-state index contributed by atoms with van der Waals surface area (Å²) in [5.41, 5.74) is 3.09. The first kappa shape index (κ1) is 17.8. The minimum Gasteiger partial charge on any atom is -0.295 e. The van der Waals surface area contributed by atoms with Crippen LogP contribution in [0.3, 0.4) is 0 Å². The number of benzene rings is 2. The Morgan fingerprint density at radius 3 is 2.26 bits per heavy atom. The number of rotatable bonds is 5. The summed E-state index contributed by atoms with van der Waals surface area (Å²) in [6.45, 7) is 5.36. The number of hydrogen-bond acceptors (Lipinski definition) is 3. The van der Waals surface area contributed by atoms with E-state index in [1.54, 1.807) is 37.3 Å². The van der Waals surface area contributed by atoms with Crippen LogP contribution in [0.15, 0.2) is 45.8 Å². The molecule has 0 aliphatic heterocycles. The average Bonchev–Trinajstić information content (AvgIpc) is 2.49. The van der Waals surface area contributed by atoms with Gasteiger partial charge in [0.15, 0.2) is 5.78 Å². The van der Waals surface area contributed by atoms with Crippen molar-refractivity contribution >= 4 is 31.7 Å². The Kier molecular flexibility index (Phi) is 5.39. The first-order valence-electron chi connectivity index (χ1n) is 7.07. The standard InChI is InChI=1S/C17H18BrNO3S/c1-11-8-12(2)17(9-16(11)18)23(21,22)19-10-14-4-6-15(7-5-14)13(3)20/h4-9,19H,10H2,1-3H3. The number of halogens is 1. The number of hydrogen-bond donors (Lipinski definition) is 1. The fourth-order valence-electron chi connectivity index (χ4n) is 2.21. The van der Waals surface area contributed by atoms with Crippen LogP contribution in [0, 0.1) is 13.8 Å². The highest BCUT2D eigenvalue weighted by molar-refractivity contribution is 9.10. The fourth-order valence-corrected chi connectivity index (χ4v) is 3.97. The van der Waals surface area contributed by atoms with Gasteiger partial charge in [-0.05, 0) is 43.5 Å². The van der Waals surface area contributed by atoms with Crippen molar-refractivity contribution in [1.29, 1.82) is 0 Å². The van der Waals surface area contributed by atoms with Gasteiger partial charge in [0.05, 0.1) is 4.90 Å². The van der Waals surface area contributed by atoms with Crippen LogP contribution in [-0.2, 0) is 16.6 Å². The molecule has 122 valence electrons. The van der Waals surface area contributed by atoms with Crippen molar-refractivity contribution in [2.45, 2.75) is 32.2 Å². The van der Waals surface area contributed by atoms with Gasteiger partial charge in [-0.25, -0.2) is 13.1 Å². The Hall–Kier alpha value is -1.50. The summed E-state index contributed by atoms with van der Waals surface area (Å²) in [5, 5.41) is 0. The zero-order valence-electron chi connectivity index (χ0n) is 13.2. The highest BCUT2D eigenvalue weighted by Crippen LogP contribution is 2.24. The van der Waals surface area contributed by atoms with Crippen molar-refractivity contribution in [1.82, 2.24) is 4.72 Å². The zero-order valence-corrected chi connectivity index (χ0v) is 15.6. The quantitative estimate of drug-likeness (QED) is 0.784. The van der Waals surface area contributed by atoms with Gasteiger partial charge in [-0.3, -0.25) is 4.79 Å². The summed E-state index contributed by atoms with van der Waals surface area (Å²) in [5.74, 6) is -0.0164. The van der Waals surface area contributed by atoms with E-state index in [9.17, 15) is 13.2 Å². The Labute approximate surface area is 145 Å². The van der Waals surface area contributed by atoms with Gasteiger partial charge < -0.3 is 0 Å². The SMILES string of the molecule is CC(=O)c1ccc(CNS(=O)(=O)c2cc(Br)c(C)cc2C)cc1. The molecule has 0 aliphatic rings. The minimum absolute atomic E-state index is 0.0164. The predicted octanol–water partition coefficient (Wildman–Crippen LogP) is 3.75. The molecule has 0 aliphatic carbocycles. The van der Waals surface area contributed by atoms with Crippen LogP contribution in [0.2, 0.25) is 0 Å². The highest BCUT2D eigenvalue weighted by atomic mass is 79.9.